The molecule has 7 heteroatoms. The molecule has 0 saturated carbocycles. The van der Waals surface area contributed by atoms with Gasteiger partial charge in [-0.15, -0.1) is 0 Å². The number of carbonyl (C=O) groups is 1. The quantitative estimate of drug-likeness (QED) is 0.577. The third-order valence-corrected chi connectivity index (χ3v) is 4.12. The van der Waals surface area contributed by atoms with Crippen LogP contribution in [0.25, 0.3) is 0 Å². The van der Waals surface area contributed by atoms with Gasteiger partial charge in [0.1, 0.15) is 24.9 Å². The fourth-order valence-electron chi connectivity index (χ4n) is 2.80. The first kappa shape index (κ1) is 19.0. The summed E-state index contributed by atoms with van der Waals surface area (Å²) < 4.78 is 23.5. The molecule has 1 N–H and O–H groups in total. The van der Waals surface area contributed by atoms with Crippen molar-refractivity contribution in [2.75, 3.05) is 39.5 Å². The summed E-state index contributed by atoms with van der Waals surface area (Å²) in [6.45, 7) is 5.31. The molecule has 134 valence electrons. The average molecular weight is 348 g/mol. The number of aliphatic imine (C=N–C) groups is 1. The molecular formula is C18H23FN3O3+. The maximum Gasteiger partial charge on any atom is 0.328 e. The van der Waals surface area contributed by atoms with Gasteiger partial charge in [-0.25, -0.2) is 4.39 Å². The minimum Gasteiger partial charge on any atom is -0.465 e. The van der Waals surface area contributed by atoms with Crippen LogP contribution in [0.3, 0.4) is 0 Å². The molecule has 1 saturated heterocycles. The normalized spacial score (nSPS) is 17.8. The average Bonchev–Trinajstić information content (AvgIpc) is 2.64. The van der Waals surface area contributed by atoms with E-state index in [1.807, 2.05) is 6.07 Å². The second-order valence-corrected chi connectivity index (χ2v) is 5.75. The molecule has 1 heterocycles. The Labute approximate surface area is 146 Å². The van der Waals surface area contributed by atoms with E-state index in [0.717, 1.165) is 18.7 Å². The Bertz CT molecular complexity index is 621. The highest BCUT2D eigenvalue weighted by Gasteiger charge is 2.26. The molecule has 1 aromatic carbocycles. The van der Waals surface area contributed by atoms with E-state index in [4.69, 9.17) is 14.7 Å². The summed E-state index contributed by atoms with van der Waals surface area (Å²) in [7, 11) is 0. The van der Waals surface area contributed by atoms with Crippen molar-refractivity contribution >= 4 is 12.2 Å². The summed E-state index contributed by atoms with van der Waals surface area (Å²) in [6, 6.07) is 8.28. The van der Waals surface area contributed by atoms with Crippen molar-refractivity contribution in [3.8, 4) is 6.07 Å². The smallest absolute Gasteiger partial charge is 0.328 e. The van der Waals surface area contributed by atoms with Gasteiger partial charge in [0, 0.05) is 11.8 Å². The first-order valence-corrected chi connectivity index (χ1v) is 8.39. The lowest BCUT2D eigenvalue weighted by atomic mass is 10.0. The highest BCUT2D eigenvalue weighted by Crippen LogP contribution is 2.12. The molecule has 2 atom stereocenters. The Hall–Kier alpha value is -2.30. The van der Waals surface area contributed by atoms with Gasteiger partial charge in [-0.05, 0) is 19.1 Å². The van der Waals surface area contributed by atoms with Gasteiger partial charge < -0.3 is 14.4 Å². The molecule has 6 nitrogen and oxygen atoms in total. The lowest BCUT2D eigenvalue weighted by Crippen LogP contribution is -3.14. The molecule has 1 aliphatic rings. The molecule has 0 spiro atoms. The van der Waals surface area contributed by atoms with Crippen molar-refractivity contribution in [2.45, 2.75) is 13.0 Å². The molecular weight excluding hydrogens is 325 g/mol. The van der Waals surface area contributed by atoms with Gasteiger partial charge >= 0.3 is 5.97 Å². The first-order chi connectivity index (χ1) is 12.2. The van der Waals surface area contributed by atoms with Crippen molar-refractivity contribution in [3.63, 3.8) is 0 Å². The second-order valence-electron chi connectivity index (χ2n) is 5.75. The van der Waals surface area contributed by atoms with Crippen LogP contribution in [0, 0.1) is 23.1 Å². The second kappa shape index (κ2) is 9.87. The third-order valence-electron chi connectivity index (χ3n) is 4.12. The number of morpholine rings is 1. The number of carbonyl (C=O) groups excluding carboxylic acids is 1. The number of hydrogen-bond donors (Lipinski definition) is 1. The number of nitrogens with one attached hydrogen (secondary N) is 1. The topological polar surface area (TPSA) is 76.1 Å². The highest BCUT2D eigenvalue weighted by atomic mass is 19.1. The van der Waals surface area contributed by atoms with Crippen molar-refractivity contribution in [1.29, 1.82) is 5.26 Å². The minimum atomic E-state index is -1.01. The van der Waals surface area contributed by atoms with Gasteiger partial charge in [0.25, 0.3) is 0 Å². The minimum absolute atomic E-state index is 0.0160. The Balaban J connectivity index is 2.10. The summed E-state index contributed by atoms with van der Waals surface area (Å²) in [4.78, 5) is 17.3. The number of rotatable bonds is 7. The fraction of sp³-hybridized carbons (Fsp3) is 0.500. The van der Waals surface area contributed by atoms with Crippen LogP contribution < -0.4 is 4.90 Å². The van der Waals surface area contributed by atoms with E-state index in [2.05, 4.69) is 4.99 Å². The van der Waals surface area contributed by atoms with E-state index in [1.54, 1.807) is 19.1 Å². The molecule has 25 heavy (non-hydrogen) atoms. The van der Waals surface area contributed by atoms with Crippen molar-refractivity contribution in [2.24, 2.45) is 10.9 Å². The molecule has 0 aliphatic carbocycles. The number of ether oxygens (including phenoxy) is 2. The lowest BCUT2D eigenvalue weighted by molar-refractivity contribution is -0.937. The van der Waals surface area contributed by atoms with Crippen molar-refractivity contribution < 1.29 is 23.6 Å². The molecule has 0 unspecified atom stereocenters. The molecule has 1 fully saturated rings. The van der Waals surface area contributed by atoms with E-state index in [1.165, 1.54) is 23.2 Å². The monoisotopic (exact) mass is 348 g/mol. The zero-order valence-corrected chi connectivity index (χ0v) is 14.3. The van der Waals surface area contributed by atoms with Gasteiger partial charge in [0.15, 0.2) is 5.92 Å². The van der Waals surface area contributed by atoms with E-state index in [-0.39, 0.29) is 18.5 Å². The van der Waals surface area contributed by atoms with Crippen LogP contribution in [0.2, 0.25) is 0 Å². The number of quaternary nitrogens is 1. The molecule has 0 bridgehead atoms. The number of nitriles is 1. The first-order valence-electron chi connectivity index (χ1n) is 8.39. The zero-order valence-electron chi connectivity index (χ0n) is 14.3. The Morgan fingerprint density at radius 3 is 2.72 bits per heavy atom. The van der Waals surface area contributed by atoms with Crippen LogP contribution in [0.15, 0.2) is 29.3 Å². The number of esters is 1. The summed E-state index contributed by atoms with van der Waals surface area (Å²) in [6.07, 6.45) is 1.34. The molecule has 0 aromatic heterocycles. The summed E-state index contributed by atoms with van der Waals surface area (Å²) >= 11 is 0. The van der Waals surface area contributed by atoms with E-state index in [9.17, 15) is 9.18 Å². The van der Waals surface area contributed by atoms with Crippen LogP contribution in [0.4, 0.5) is 4.39 Å². The van der Waals surface area contributed by atoms with E-state index >= 15 is 0 Å². The molecule has 2 rings (SSSR count). The lowest BCUT2D eigenvalue weighted by Gasteiger charge is -2.31. The Morgan fingerprint density at radius 1 is 1.44 bits per heavy atom. The van der Waals surface area contributed by atoms with Crippen molar-refractivity contribution in [1.82, 2.24) is 0 Å². The summed E-state index contributed by atoms with van der Waals surface area (Å²) in [5, 5.41) is 9.08. The van der Waals surface area contributed by atoms with Crippen LogP contribution in [0.1, 0.15) is 18.5 Å². The van der Waals surface area contributed by atoms with Crippen molar-refractivity contribution in [3.05, 3.63) is 35.6 Å². The fourth-order valence-corrected chi connectivity index (χ4v) is 2.80. The van der Waals surface area contributed by atoms with Gasteiger partial charge in [0.05, 0.1) is 32.4 Å². The van der Waals surface area contributed by atoms with E-state index < -0.39 is 11.9 Å². The summed E-state index contributed by atoms with van der Waals surface area (Å²) in [5.74, 6) is -1.88. The number of nitrogens with zero attached hydrogens (tertiary/aromatic N) is 2. The Morgan fingerprint density at radius 2 is 2.12 bits per heavy atom. The third kappa shape index (κ3) is 5.62. The molecule has 1 aromatic rings. The number of benzene rings is 1. The molecule has 0 amide bonds. The summed E-state index contributed by atoms with van der Waals surface area (Å²) in [5.41, 5.74) is 0.972. The van der Waals surface area contributed by atoms with Gasteiger partial charge in [-0.3, -0.25) is 9.79 Å². The highest BCUT2D eigenvalue weighted by molar-refractivity contribution is 5.92. The van der Waals surface area contributed by atoms with Gasteiger partial charge in [-0.2, -0.15) is 5.26 Å². The Kier molecular flexibility index (Phi) is 7.51. The largest absolute Gasteiger partial charge is 0.465 e. The predicted octanol–water partition coefficient (Wildman–Crippen LogP) is 0.556. The molecule has 0 radical (unpaired) electrons. The maximum absolute atomic E-state index is 13.2. The van der Waals surface area contributed by atoms with Crippen LogP contribution in [-0.2, 0) is 14.3 Å². The van der Waals surface area contributed by atoms with Crippen LogP contribution in [0.5, 0.6) is 0 Å². The van der Waals surface area contributed by atoms with Crippen LogP contribution in [-0.4, -0.2) is 51.6 Å². The van der Waals surface area contributed by atoms with Crippen LogP contribution >= 0.6 is 0 Å². The maximum atomic E-state index is 13.2. The van der Waals surface area contributed by atoms with E-state index in [0.29, 0.717) is 19.8 Å². The van der Waals surface area contributed by atoms with Gasteiger partial charge in [-0.1, -0.05) is 12.1 Å². The van der Waals surface area contributed by atoms with Gasteiger partial charge in [0.2, 0.25) is 0 Å². The SMILES string of the molecule is CCOC(=O)[C@@H](C#N)C=NC[C@H](c1ccc(F)cc1)[NH+]1CCOCC1. The zero-order chi connectivity index (χ0) is 18.1. The number of halogens is 1. The standard InChI is InChI=1S/C18H22FN3O3/c1-2-25-18(23)15(11-20)12-21-13-17(22-7-9-24-10-8-22)14-3-5-16(19)6-4-14/h3-6,12,15,17H,2,7-10,13H2,1H3/p+1/t15-,17+/m0/s1. The predicted molar refractivity (Wildman–Crippen MR) is 89.8 cm³/mol. The number of hydrogen-bond acceptors (Lipinski definition) is 5. The molecule has 1 aliphatic heterocycles.